The smallest absolute Gasteiger partial charge is 0.266 e. The molecule has 0 amide bonds. The van der Waals surface area contributed by atoms with Gasteiger partial charge in [-0.25, -0.2) is 18.4 Å². The fraction of sp³-hybridized carbons (Fsp3) is 0.571. The van der Waals surface area contributed by atoms with Gasteiger partial charge in [0.15, 0.2) is 0 Å². The van der Waals surface area contributed by atoms with Gasteiger partial charge in [0.2, 0.25) is 21.9 Å². The third-order valence-electron chi connectivity index (χ3n) is 9.15. The molecule has 4 aliphatic rings. The van der Waals surface area contributed by atoms with Gasteiger partial charge in [-0.1, -0.05) is 0 Å². The minimum atomic E-state index is -3.66. The molecule has 4 heterocycles. The summed E-state index contributed by atoms with van der Waals surface area (Å²) in [6.45, 7) is 5.24. The van der Waals surface area contributed by atoms with Crippen molar-refractivity contribution in [1.82, 2.24) is 20.2 Å². The van der Waals surface area contributed by atoms with Crippen molar-refractivity contribution >= 4 is 27.3 Å². The Bertz CT molecular complexity index is 1540. The highest BCUT2D eigenvalue weighted by Crippen LogP contribution is 2.54. The number of aliphatic hydroxyl groups is 1. The third-order valence-corrected chi connectivity index (χ3v) is 10.4. The van der Waals surface area contributed by atoms with Gasteiger partial charge < -0.3 is 19.3 Å². The maximum Gasteiger partial charge on any atom is 0.266 e. The number of benzene rings is 1. The van der Waals surface area contributed by atoms with Gasteiger partial charge in [0, 0.05) is 31.9 Å². The second-order valence-corrected chi connectivity index (χ2v) is 14.0. The van der Waals surface area contributed by atoms with E-state index in [0.717, 1.165) is 56.0 Å². The Hall–Kier alpha value is -3.25. The summed E-state index contributed by atoms with van der Waals surface area (Å²) in [6.07, 6.45) is 8.58. The van der Waals surface area contributed by atoms with E-state index in [-0.39, 0.29) is 5.75 Å². The molecule has 40 heavy (non-hydrogen) atoms. The lowest BCUT2D eigenvalue weighted by Crippen LogP contribution is -2.34. The number of anilines is 3. The van der Waals surface area contributed by atoms with Gasteiger partial charge in [-0.05, 0) is 87.0 Å². The number of nitrogens with one attached hydrogen (secondary N) is 1. The number of nitrogens with zero attached hydrogens (tertiary/aromatic N) is 6. The molecule has 3 aromatic rings. The number of rotatable bonds is 8. The molecule has 2 spiro atoms. The van der Waals surface area contributed by atoms with Gasteiger partial charge in [-0.2, -0.15) is 0 Å². The summed E-state index contributed by atoms with van der Waals surface area (Å²) in [6, 6.07) is 7.20. The van der Waals surface area contributed by atoms with Crippen molar-refractivity contribution in [1.29, 1.82) is 0 Å². The van der Waals surface area contributed by atoms with Gasteiger partial charge in [0.1, 0.15) is 5.69 Å². The Morgan fingerprint density at radius 2 is 1.62 bits per heavy atom. The summed E-state index contributed by atoms with van der Waals surface area (Å²) in [7, 11) is -3.66. The Kier molecular flexibility index (Phi) is 6.04. The van der Waals surface area contributed by atoms with E-state index < -0.39 is 16.6 Å². The van der Waals surface area contributed by atoms with Crippen LogP contribution in [0.5, 0.6) is 0 Å². The van der Waals surface area contributed by atoms with Crippen molar-refractivity contribution in [3.8, 4) is 23.0 Å². The maximum atomic E-state index is 12.3. The Morgan fingerprint density at radius 1 is 0.925 bits per heavy atom. The van der Waals surface area contributed by atoms with Gasteiger partial charge in [0.05, 0.1) is 29.3 Å². The Balaban J connectivity index is 1.20. The van der Waals surface area contributed by atoms with E-state index in [0.29, 0.717) is 39.9 Å². The maximum absolute atomic E-state index is 12.3. The topological polar surface area (TPSA) is 138 Å². The summed E-state index contributed by atoms with van der Waals surface area (Å²) in [5.74, 6) is 1.04. The van der Waals surface area contributed by atoms with Crippen molar-refractivity contribution in [2.45, 2.75) is 51.9 Å². The molecule has 0 atom stereocenters. The van der Waals surface area contributed by atoms with E-state index >= 15 is 0 Å². The first-order valence-electron chi connectivity index (χ1n) is 14.2. The zero-order chi connectivity index (χ0) is 27.5. The van der Waals surface area contributed by atoms with E-state index in [1.807, 2.05) is 25.1 Å². The molecule has 2 aliphatic heterocycles. The molecule has 2 N–H and O–H groups in total. The van der Waals surface area contributed by atoms with Crippen molar-refractivity contribution in [2.75, 3.05) is 53.1 Å². The van der Waals surface area contributed by atoms with E-state index in [9.17, 15) is 8.42 Å². The van der Waals surface area contributed by atoms with Gasteiger partial charge in [-0.15, -0.1) is 10.2 Å². The number of hydrogen-bond acceptors (Lipinski definition) is 10. The molecule has 212 valence electrons. The predicted octanol–water partition coefficient (Wildman–Crippen LogP) is 3.61. The minimum absolute atomic E-state index is 0.330. The summed E-state index contributed by atoms with van der Waals surface area (Å²) in [5, 5.41) is 17.9. The van der Waals surface area contributed by atoms with Crippen LogP contribution in [0.15, 0.2) is 28.7 Å². The average Bonchev–Trinajstić information content (AvgIpc) is 3.74. The SMILES string of the molecule is Cc1cc(-c2nnc(-c3ccc(NS(=O)(=O)CCO)cc3N3CCC4(CC3)CC4)o2)nc(N2CCC3(CC3)C2)n1. The predicted molar refractivity (Wildman–Crippen MR) is 152 cm³/mol. The molecule has 2 aromatic heterocycles. The van der Waals surface area contributed by atoms with E-state index in [2.05, 4.69) is 24.7 Å². The highest BCUT2D eigenvalue weighted by Gasteiger charge is 2.48. The second kappa shape index (κ2) is 9.41. The molecule has 2 aliphatic carbocycles. The molecule has 7 rings (SSSR count). The van der Waals surface area contributed by atoms with Crippen molar-refractivity contribution in [2.24, 2.45) is 10.8 Å². The highest BCUT2D eigenvalue weighted by molar-refractivity contribution is 7.92. The van der Waals surface area contributed by atoms with Crippen molar-refractivity contribution in [3.05, 3.63) is 30.0 Å². The lowest BCUT2D eigenvalue weighted by atomic mass is 9.93. The molecule has 2 saturated carbocycles. The minimum Gasteiger partial charge on any atom is -0.415 e. The van der Waals surface area contributed by atoms with Crippen LogP contribution in [0, 0.1) is 17.8 Å². The number of aliphatic hydroxyl groups excluding tert-OH is 1. The van der Waals surface area contributed by atoms with Gasteiger partial charge in [0.25, 0.3) is 5.89 Å². The van der Waals surface area contributed by atoms with E-state index in [1.165, 1.54) is 32.1 Å². The standard InChI is InChI=1S/C28H35N7O4S/c1-19-16-22(30-26(29-19)35-13-10-28(18-35)6-7-28)25-32-31-24(39-25)21-3-2-20(33-40(37,38)15-14-36)17-23(21)34-11-8-27(4-5-27)9-12-34/h2-3,16-17,33,36H,4-15,18H2,1H3. The lowest BCUT2D eigenvalue weighted by Gasteiger charge is -2.35. The van der Waals surface area contributed by atoms with E-state index in [4.69, 9.17) is 19.5 Å². The van der Waals surface area contributed by atoms with Crippen LogP contribution in [0.3, 0.4) is 0 Å². The summed E-state index contributed by atoms with van der Waals surface area (Å²) < 4.78 is 33.5. The van der Waals surface area contributed by atoms with Crippen LogP contribution in [-0.2, 0) is 10.0 Å². The monoisotopic (exact) mass is 565 g/mol. The van der Waals surface area contributed by atoms with Gasteiger partial charge in [-0.3, -0.25) is 4.72 Å². The summed E-state index contributed by atoms with van der Waals surface area (Å²) in [5.41, 5.74) is 4.44. The van der Waals surface area contributed by atoms with Crippen LogP contribution in [0.2, 0.25) is 0 Å². The van der Waals surface area contributed by atoms with Crippen molar-refractivity contribution < 1.29 is 17.9 Å². The molecule has 2 saturated heterocycles. The van der Waals surface area contributed by atoms with Crippen molar-refractivity contribution in [3.63, 3.8) is 0 Å². The number of sulfonamides is 1. The van der Waals surface area contributed by atoms with E-state index in [1.54, 1.807) is 6.07 Å². The zero-order valence-electron chi connectivity index (χ0n) is 22.8. The second-order valence-electron chi connectivity index (χ2n) is 12.1. The molecule has 11 nitrogen and oxygen atoms in total. The molecular weight excluding hydrogens is 530 g/mol. The molecule has 4 fully saturated rings. The molecule has 0 bridgehead atoms. The molecule has 0 unspecified atom stereocenters. The fourth-order valence-electron chi connectivity index (χ4n) is 6.22. The lowest BCUT2D eigenvalue weighted by molar-refractivity contribution is 0.320. The molecule has 12 heteroatoms. The van der Waals surface area contributed by atoms with Crippen LogP contribution < -0.4 is 14.5 Å². The molecular formula is C28H35N7O4S. The first-order valence-corrected chi connectivity index (χ1v) is 15.9. The van der Waals surface area contributed by atoms with Crippen LogP contribution in [0.1, 0.15) is 50.6 Å². The number of hydrogen-bond donors (Lipinski definition) is 2. The summed E-state index contributed by atoms with van der Waals surface area (Å²) in [4.78, 5) is 14.0. The number of aryl methyl sites for hydroxylation is 1. The van der Waals surface area contributed by atoms with Crippen LogP contribution in [0.25, 0.3) is 23.0 Å². The zero-order valence-corrected chi connectivity index (χ0v) is 23.6. The Morgan fingerprint density at radius 3 is 2.33 bits per heavy atom. The summed E-state index contributed by atoms with van der Waals surface area (Å²) >= 11 is 0. The molecule has 1 aromatic carbocycles. The van der Waals surface area contributed by atoms with Crippen LogP contribution in [0.4, 0.5) is 17.3 Å². The number of piperidine rings is 1. The van der Waals surface area contributed by atoms with Crippen LogP contribution >= 0.6 is 0 Å². The highest BCUT2D eigenvalue weighted by atomic mass is 32.2. The van der Waals surface area contributed by atoms with Crippen LogP contribution in [-0.4, -0.2) is 72.2 Å². The Labute approximate surface area is 234 Å². The fourth-order valence-corrected chi connectivity index (χ4v) is 7.05. The quantitative estimate of drug-likeness (QED) is 0.417. The first-order chi connectivity index (χ1) is 19.2. The third kappa shape index (κ3) is 5.03. The number of aromatic nitrogens is 4. The average molecular weight is 566 g/mol. The normalized spacial score (nSPS) is 20.9. The largest absolute Gasteiger partial charge is 0.415 e. The van der Waals surface area contributed by atoms with Gasteiger partial charge >= 0.3 is 0 Å². The molecule has 0 radical (unpaired) electrons. The first kappa shape index (κ1) is 25.7.